The molecule has 1 aromatic carbocycles. The van der Waals surface area contributed by atoms with Crippen molar-refractivity contribution in [3.63, 3.8) is 0 Å². The molecule has 1 aromatic rings. The topological polar surface area (TPSA) is 59.0 Å². The molecule has 100 valence electrons. The van der Waals surface area contributed by atoms with Gasteiger partial charge in [-0.05, 0) is 29.8 Å². The van der Waals surface area contributed by atoms with Crippen LogP contribution in [0.2, 0.25) is 0 Å². The molecule has 0 fully saturated rings. The van der Waals surface area contributed by atoms with Crippen molar-refractivity contribution in [1.29, 1.82) is 0 Å². The molecule has 0 amide bonds. The first-order chi connectivity index (χ1) is 9.09. The van der Waals surface area contributed by atoms with Crippen LogP contribution in [0.1, 0.15) is 5.56 Å². The van der Waals surface area contributed by atoms with Gasteiger partial charge in [0.2, 0.25) is 0 Å². The number of fused-ring (bicyclic) bond motifs is 1. The highest BCUT2D eigenvalue weighted by Crippen LogP contribution is 2.35. The molecule has 2 aliphatic heterocycles. The molecule has 2 heterocycles. The molecular weight excluding hydrogens is 284 g/mol. The minimum Gasteiger partial charge on any atom is -0.497 e. The van der Waals surface area contributed by atoms with Crippen molar-refractivity contribution in [2.45, 2.75) is 0 Å². The smallest absolute Gasteiger partial charge is 0.257 e. The van der Waals surface area contributed by atoms with Gasteiger partial charge in [-0.3, -0.25) is 0 Å². The molecule has 0 saturated carbocycles. The van der Waals surface area contributed by atoms with Crippen molar-refractivity contribution in [2.75, 3.05) is 19.4 Å². The first-order valence-corrected chi connectivity index (χ1v) is 8.19. The van der Waals surface area contributed by atoms with Crippen LogP contribution in [0.15, 0.2) is 34.1 Å². The van der Waals surface area contributed by atoms with Crippen molar-refractivity contribution >= 4 is 32.6 Å². The van der Waals surface area contributed by atoms with Crippen LogP contribution in [0.4, 0.5) is 0 Å². The summed E-state index contributed by atoms with van der Waals surface area (Å²) in [5.74, 6) is 0.856. The van der Waals surface area contributed by atoms with Gasteiger partial charge < -0.3 is 9.64 Å². The predicted molar refractivity (Wildman–Crippen MR) is 76.5 cm³/mol. The first-order valence-electron chi connectivity index (χ1n) is 5.70. The Balaban J connectivity index is 1.91. The Labute approximate surface area is 116 Å². The molecule has 0 atom stereocenters. The van der Waals surface area contributed by atoms with Crippen molar-refractivity contribution in [2.24, 2.45) is 4.40 Å². The minimum atomic E-state index is -3.28. The van der Waals surface area contributed by atoms with E-state index in [1.807, 2.05) is 34.6 Å². The standard InChI is InChI=1S/C12H12N2O3S2/c1-17-10-4-2-9(3-5-10)11-8-18-12-13-19(15,16)7-6-14(11)12/h2-5,8H,6-7H2,1H3. The summed E-state index contributed by atoms with van der Waals surface area (Å²) in [7, 11) is -1.66. The van der Waals surface area contributed by atoms with Crippen LogP contribution in [0.25, 0.3) is 5.70 Å². The maximum absolute atomic E-state index is 11.5. The molecule has 0 saturated heterocycles. The third kappa shape index (κ3) is 2.35. The van der Waals surface area contributed by atoms with Crippen LogP contribution >= 0.6 is 11.8 Å². The Morgan fingerprint density at radius 2 is 2.05 bits per heavy atom. The normalized spacial score (nSPS) is 20.6. The molecule has 3 rings (SSSR count). The zero-order chi connectivity index (χ0) is 13.5. The number of sulfonamides is 1. The number of nitrogens with zero attached hydrogens (tertiary/aromatic N) is 2. The van der Waals surface area contributed by atoms with Crippen molar-refractivity contribution in [3.05, 3.63) is 35.2 Å². The molecule has 0 unspecified atom stereocenters. The van der Waals surface area contributed by atoms with Crippen LogP contribution in [0.5, 0.6) is 5.75 Å². The second-order valence-electron chi connectivity index (χ2n) is 4.16. The Morgan fingerprint density at radius 1 is 1.32 bits per heavy atom. The summed E-state index contributed by atoms with van der Waals surface area (Å²) in [5.41, 5.74) is 2.01. The van der Waals surface area contributed by atoms with Crippen LogP contribution < -0.4 is 4.74 Å². The fourth-order valence-electron chi connectivity index (χ4n) is 1.98. The second kappa shape index (κ2) is 4.57. The van der Waals surface area contributed by atoms with E-state index in [0.717, 1.165) is 17.0 Å². The van der Waals surface area contributed by atoms with E-state index in [9.17, 15) is 8.42 Å². The zero-order valence-electron chi connectivity index (χ0n) is 10.2. The molecule has 0 radical (unpaired) electrons. The summed E-state index contributed by atoms with van der Waals surface area (Å²) in [6.45, 7) is 0.450. The van der Waals surface area contributed by atoms with Gasteiger partial charge in [-0.25, -0.2) is 8.42 Å². The highest BCUT2D eigenvalue weighted by molar-refractivity contribution is 8.17. The summed E-state index contributed by atoms with van der Waals surface area (Å²) in [6, 6.07) is 7.68. The average molecular weight is 296 g/mol. The number of ether oxygens (including phenoxy) is 1. The second-order valence-corrected chi connectivity index (χ2v) is 6.75. The van der Waals surface area contributed by atoms with E-state index >= 15 is 0 Å². The van der Waals surface area contributed by atoms with Gasteiger partial charge in [0.1, 0.15) is 5.75 Å². The van der Waals surface area contributed by atoms with Gasteiger partial charge in [-0.2, -0.15) is 0 Å². The minimum absolute atomic E-state index is 0.0601. The summed E-state index contributed by atoms with van der Waals surface area (Å²) < 4.78 is 31.8. The first kappa shape index (κ1) is 12.6. The average Bonchev–Trinajstić information content (AvgIpc) is 2.80. The number of hydrogen-bond acceptors (Lipinski definition) is 5. The van der Waals surface area contributed by atoms with E-state index in [-0.39, 0.29) is 5.75 Å². The summed E-state index contributed by atoms with van der Waals surface area (Å²) >= 11 is 1.34. The Morgan fingerprint density at radius 3 is 2.74 bits per heavy atom. The Kier molecular flexibility index (Phi) is 3.02. The molecule has 7 heteroatoms. The number of hydrogen-bond donors (Lipinski definition) is 0. The highest BCUT2D eigenvalue weighted by Gasteiger charge is 2.31. The largest absolute Gasteiger partial charge is 0.497 e. The lowest BCUT2D eigenvalue weighted by Gasteiger charge is -2.25. The van der Waals surface area contributed by atoms with E-state index in [1.54, 1.807) is 7.11 Å². The van der Waals surface area contributed by atoms with Gasteiger partial charge in [0.05, 0.1) is 18.6 Å². The summed E-state index contributed by atoms with van der Waals surface area (Å²) in [5, 5.41) is 2.47. The van der Waals surface area contributed by atoms with E-state index < -0.39 is 10.0 Å². The van der Waals surface area contributed by atoms with E-state index in [0.29, 0.717) is 11.7 Å². The van der Waals surface area contributed by atoms with Gasteiger partial charge in [0.25, 0.3) is 10.0 Å². The Hall–Kier alpha value is -1.47. The van der Waals surface area contributed by atoms with Gasteiger partial charge in [-0.15, -0.1) is 4.40 Å². The quantitative estimate of drug-likeness (QED) is 0.832. The number of benzene rings is 1. The number of rotatable bonds is 2. The van der Waals surface area contributed by atoms with Gasteiger partial charge in [0.15, 0.2) is 5.17 Å². The molecule has 0 spiro atoms. The van der Waals surface area contributed by atoms with Crippen molar-refractivity contribution in [1.82, 2.24) is 4.90 Å². The maximum Gasteiger partial charge on any atom is 0.257 e. The molecule has 0 aliphatic carbocycles. The molecule has 0 aromatic heterocycles. The molecule has 0 N–H and O–H groups in total. The number of thioether (sulfide) groups is 1. The highest BCUT2D eigenvalue weighted by atomic mass is 32.2. The molecular formula is C12H12N2O3S2. The summed E-state index contributed by atoms with van der Waals surface area (Å²) in [4.78, 5) is 1.94. The predicted octanol–water partition coefficient (Wildman–Crippen LogP) is 1.74. The molecule has 0 bridgehead atoms. The van der Waals surface area contributed by atoms with E-state index in [4.69, 9.17) is 4.74 Å². The Bertz CT molecular complexity index is 663. The maximum atomic E-state index is 11.5. The lowest BCUT2D eigenvalue weighted by atomic mass is 10.1. The molecule has 2 aliphatic rings. The fourth-order valence-corrected chi connectivity index (χ4v) is 4.13. The van der Waals surface area contributed by atoms with Gasteiger partial charge in [0, 0.05) is 12.0 Å². The van der Waals surface area contributed by atoms with E-state index in [2.05, 4.69) is 4.40 Å². The fraction of sp³-hybridized carbons (Fsp3) is 0.250. The van der Waals surface area contributed by atoms with Crippen molar-refractivity contribution < 1.29 is 13.2 Å². The lowest BCUT2D eigenvalue weighted by Crippen LogP contribution is -2.34. The molecule has 5 nitrogen and oxygen atoms in total. The number of methoxy groups -OCH3 is 1. The lowest BCUT2D eigenvalue weighted by molar-refractivity contribution is 0.414. The SMILES string of the molecule is COc1ccc(C2=CSC3=NS(=O)(=O)CCN23)cc1. The van der Waals surface area contributed by atoms with Crippen LogP contribution in [-0.2, 0) is 10.0 Å². The monoisotopic (exact) mass is 296 g/mol. The van der Waals surface area contributed by atoms with E-state index in [1.165, 1.54) is 11.8 Å². The number of amidine groups is 1. The van der Waals surface area contributed by atoms with Crippen LogP contribution in [-0.4, -0.2) is 37.9 Å². The molecule has 19 heavy (non-hydrogen) atoms. The van der Waals surface area contributed by atoms with Crippen LogP contribution in [0.3, 0.4) is 0 Å². The van der Waals surface area contributed by atoms with Crippen molar-refractivity contribution in [3.8, 4) is 5.75 Å². The van der Waals surface area contributed by atoms with Gasteiger partial charge in [-0.1, -0.05) is 11.8 Å². The zero-order valence-corrected chi connectivity index (χ0v) is 11.9. The third-order valence-electron chi connectivity index (χ3n) is 2.97. The van der Waals surface area contributed by atoms with Gasteiger partial charge >= 0.3 is 0 Å². The summed E-state index contributed by atoms with van der Waals surface area (Å²) in [6.07, 6.45) is 0. The third-order valence-corrected chi connectivity index (χ3v) is 5.10. The van der Waals surface area contributed by atoms with Crippen LogP contribution in [0, 0.1) is 0 Å².